The Bertz CT molecular complexity index is 1140. The van der Waals surface area contributed by atoms with Crippen molar-refractivity contribution in [2.45, 2.75) is 16.3 Å². The van der Waals surface area contributed by atoms with Crippen molar-refractivity contribution in [2.75, 3.05) is 7.11 Å². The third-order valence-electron chi connectivity index (χ3n) is 4.14. The van der Waals surface area contributed by atoms with Crippen LogP contribution in [-0.2, 0) is 6.54 Å². The number of ether oxygens (including phenoxy) is 1. The van der Waals surface area contributed by atoms with E-state index in [0.29, 0.717) is 17.7 Å². The Morgan fingerprint density at radius 2 is 1.85 bits per heavy atom. The topological polar surface area (TPSA) is 57.0 Å². The summed E-state index contributed by atoms with van der Waals surface area (Å²) in [4.78, 5) is 19.2. The van der Waals surface area contributed by atoms with Crippen LogP contribution in [0.5, 0.6) is 5.75 Å². The largest absolute Gasteiger partial charge is 0.495 e. The molecule has 2 aromatic carbocycles. The lowest BCUT2D eigenvalue weighted by atomic mass is 10.2. The van der Waals surface area contributed by atoms with Gasteiger partial charge in [-0.25, -0.2) is 4.68 Å². The van der Waals surface area contributed by atoms with Gasteiger partial charge in [0.05, 0.1) is 31.4 Å². The van der Waals surface area contributed by atoms with Gasteiger partial charge in [0, 0.05) is 21.4 Å². The summed E-state index contributed by atoms with van der Waals surface area (Å²) in [6, 6.07) is 17.8. The average Bonchev–Trinajstić information content (AvgIpc) is 2.71. The van der Waals surface area contributed by atoms with Crippen molar-refractivity contribution in [3.05, 3.63) is 89.1 Å². The van der Waals surface area contributed by atoms with Crippen LogP contribution in [0, 0.1) is 0 Å². The molecular weight excluding hydrogens is 358 g/mol. The zero-order valence-corrected chi connectivity index (χ0v) is 15.5. The molecule has 0 aliphatic rings. The summed E-state index contributed by atoms with van der Waals surface area (Å²) >= 11 is 1.66. The molecule has 2 aromatic heterocycles. The molecule has 0 aliphatic carbocycles. The molecule has 0 saturated heterocycles. The summed E-state index contributed by atoms with van der Waals surface area (Å²) in [5.41, 5.74) is 0.742. The van der Waals surface area contributed by atoms with Crippen molar-refractivity contribution in [3.63, 3.8) is 0 Å². The second-order valence-corrected chi connectivity index (χ2v) is 7.15. The van der Waals surface area contributed by atoms with Crippen LogP contribution >= 0.6 is 11.8 Å². The molecule has 6 heteroatoms. The van der Waals surface area contributed by atoms with Gasteiger partial charge >= 0.3 is 0 Å². The molecule has 0 unspecified atom stereocenters. The Morgan fingerprint density at radius 3 is 2.67 bits per heavy atom. The van der Waals surface area contributed by atoms with Gasteiger partial charge in [0.1, 0.15) is 5.75 Å². The van der Waals surface area contributed by atoms with Gasteiger partial charge in [0.15, 0.2) is 0 Å². The Kier molecular flexibility index (Phi) is 4.89. The lowest BCUT2D eigenvalue weighted by Crippen LogP contribution is -2.23. The summed E-state index contributed by atoms with van der Waals surface area (Å²) in [6.45, 7) is 0.347. The first kappa shape index (κ1) is 17.3. The molecule has 5 nitrogen and oxygen atoms in total. The molecular formula is C21H17N3O2S. The Morgan fingerprint density at radius 1 is 1.00 bits per heavy atom. The molecule has 0 saturated carbocycles. The average molecular weight is 375 g/mol. The predicted molar refractivity (Wildman–Crippen MR) is 106 cm³/mol. The van der Waals surface area contributed by atoms with Gasteiger partial charge in [-0.15, -0.1) is 0 Å². The fourth-order valence-corrected chi connectivity index (χ4v) is 3.69. The van der Waals surface area contributed by atoms with Crippen LogP contribution < -0.4 is 10.3 Å². The molecule has 0 atom stereocenters. The van der Waals surface area contributed by atoms with Gasteiger partial charge in [0.25, 0.3) is 5.56 Å². The Balaban J connectivity index is 1.64. The van der Waals surface area contributed by atoms with E-state index in [1.165, 1.54) is 4.68 Å². The van der Waals surface area contributed by atoms with Crippen LogP contribution in [0.3, 0.4) is 0 Å². The van der Waals surface area contributed by atoms with Gasteiger partial charge < -0.3 is 4.74 Å². The molecule has 0 bridgehead atoms. The van der Waals surface area contributed by atoms with Crippen LogP contribution in [0.25, 0.3) is 10.8 Å². The number of rotatable bonds is 5. The minimum absolute atomic E-state index is 0.119. The monoisotopic (exact) mass is 375 g/mol. The zero-order valence-electron chi connectivity index (χ0n) is 14.7. The Labute approximate surface area is 160 Å². The standard InChI is InChI=1S/C21H17N3O2S/c1-26-17-9-15(11-22-13-17)14-24-21(25)20-8-7-19(10-16(20)12-23-24)27-18-5-3-2-4-6-18/h2-13H,14H2,1H3. The zero-order chi connectivity index (χ0) is 18.6. The first-order chi connectivity index (χ1) is 13.2. The minimum atomic E-state index is -0.119. The summed E-state index contributed by atoms with van der Waals surface area (Å²) in [5, 5.41) is 5.82. The molecule has 0 amide bonds. The molecule has 4 aromatic rings. The van der Waals surface area contributed by atoms with Crippen LogP contribution in [0.2, 0.25) is 0 Å². The van der Waals surface area contributed by atoms with Crippen molar-refractivity contribution < 1.29 is 4.74 Å². The van der Waals surface area contributed by atoms with Crippen LogP contribution in [0.15, 0.2) is 87.8 Å². The summed E-state index contributed by atoms with van der Waals surface area (Å²) < 4.78 is 6.63. The Hall–Kier alpha value is -3.12. The van der Waals surface area contributed by atoms with Gasteiger partial charge in [0.2, 0.25) is 0 Å². The van der Waals surface area contributed by atoms with Crippen molar-refractivity contribution in [1.82, 2.24) is 14.8 Å². The van der Waals surface area contributed by atoms with Gasteiger partial charge in [-0.05, 0) is 42.0 Å². The fraction of sp³-hybridized carbons (Fsp3) is 0.0952. The van der Waals surface area contributed by atoms with Crippen molar-refractivity contribution >= 4 is 22.5 Å². The molecule has 0 N–H and O–H groups in total. The van der Waals surface area contributed by atoms with Gasteiger partial charge in [-0.1, -0.05) is 30.0 Å². The van der Waals surface area contributed by atoms with E-state index in [9.17, 15) is 4.79 Å². The van der Waals surface area contributed by atoms with Crippen LogP contribution in [0.1, 0.15) is 5.56 Å². The van der Waals surface area contributed by atoms with Gasteiger partial charge in [-0.3, -0.25) is 9.78 Å². The molecule has 2 heterocycles. The summed E-state index contributed by atoms with van der Waals surface area (Å²) in [5.74, 6) is 0.656. The third-order valence-corrected chi connectivity index (χ3v) is 5.14. The highest BCUT2D eigenvalue weighted by Gasteiger charge is 2.07. The number of fused-ring (bicyclic) bond motifs is 1. The second kappa shape index (κ2) is 7.63. The molecule has 0 spiro atoms. The van der Waals surface area contributed by atoms with Crippen molar-refractivity contribution in [1.29, 1.82) is 0 Å². The first-order valence-electron chi connectivity index (χ1n) is 8.43. The second-order valence-electron chi connectivity index (χ2n) is 6.00. The lowest BCUT2D eigenvalue weighted by molar-refractivity contribution is 0.412. The predicted octanol–water partition coefficient (Wildman–Crippen LogP) is 4.00. The molecule has 0 radical (unpaired) electrons. The maximum Gasteiger partial charge on any atom is 0.274 e. The molecule has 27 heavy (non-hydrogen) atoms. The number of benzene rings is 2. The van der Waals surface area contributed by atoms with Crippen molar-refractivity contribution in [2.24, 2.45) is 0 Å². The van der Waals surface area contributed by atoms with E-state index in [4.69, 9.17) is 4.74 Å². The van der Waals surface area contributed by atoms with Gasteiger partial charge in [-0.2, -0.15) is 5.10 Å². The highest BCUT2D eigenvalue weighted by Crippen LogP contribution is 2.29. The molecule has 0 fully saturated rings. The first-order valence-corrected chi connectivity index (χ1v) is 9.25. The van der Waals surface area contributed by atoms with E-state index in [1.807, 2.05) is 42.5 Å². The maximum atomic E-state index is 12.8. The maximum absolute atomic E-state index is 12.8. The van der Waals surface area contributed by atoms with E-state index < -0.39 is 0 Å². The summed E-state index contributed by atoms with van der Waals surface area (Å²) in [7, 11) is 1.59. The number of pyridine rings is 1. The number of aromatic nitrogens is 3. The fourth-order valence-electron chi connectivity index (χ4n) is 2.80. The minimum Gasteiger partial charge on any atom is -0.495 e. The molecule has 4 rings (SSSR count). The highest BCUT2D eigenvalue weighted by atomic mass is 32.2. The van der Waals surface area contributed by atoms with E-state index in [0.717, 1.165) is 20.7 Å². The van der Waals surface area contributed by atoms with Crippen LogP contribution in [-0.4, -0.2) is 21.9 Å². The third kappa shape index (κ3) is 3.85. The molecule has 134 valence electrons. The van der Waals surface area contributed by atoms with Crippen molar-refractivity contribution in [3.8, 4) is 5.75 Å². The van der Waals surface area contributed by atoms with E-state index in [1.54, 1.807) is 37.5 Å². The number of hydrogen-bond acceptors (Lipinski definition) is 5. The normalized spacial score (nSPS) is 10.9. The van der Waals surface area contributed by atoms with E-state index >= 15 is 0 Å². The highest BCUT2D eigenvalue weighted by molar-refractivity contribution is 7.99. The smallest absolute Gasteiger partial charge is 0.274 e. The van der Waals surface area contributed by atoms with E-state index in [2.05, 4.69) is 22.2 Å². The number of nitrogens with zero attached hydrogens (tertiary/aromatic N) is 3. The number of methoxy groups -OCH3 is 1. The molecule has 0 aliphatic heterocycles. The van der Waals surface area contributed by atoms with E-state index in [-0.39, 0.29) is 5.56 Å². The summed E-state index contributed by atoms with van der Waals surface area (Å²) in [6.07, 6.45) is 5.08. The van der Waals surface area contributed by atoms with Crippen LogP contribution in [0.4, 0.5) is 0 Å². The lowest BCUT2D eigenvalue weighted by Gasteiger charge is -2.08. The number of hydrogen-bond donors (Lipinski definition) is 0. The quantitative estimate of drug-likeness (QED) is 0.528. The SMILES string of the molecule is COc1cncc(Cn2ncc3cc(Sc4ccccc4)ccc3c2=O)c1.